The van der Waals surface area contributed by atoms with Gasteiger partial charge in [-0.15, -0.1) is 0 Å². The Morgan fingerprint density at radius 3 is 2.88 bits per heavy atom. The average molecular weight is 407 g/mol. The Morgan fingerprint density at radius 1 is 1.32 bits per heavy atom. The standard InChI is InChI=1S/C16H16BrFN6O/c1-9-3-4-10(7-11(9)18)16(25)20-6-5-19-14-12-13(17)23-24(2)15(12)22-8-21-14/h3-4,7-8H,5-6H2,1-2H3,(H,20,25)(H,19,21,22). The highest BCUT2D eigenvalue weighted by Crippen LogP contribution is 2.26. The van der Waals surface area contributed by atoms with E-state index in [0.717, 1.165) is 5.39 Å². The summed E-state index contributed by atoms with van der Waals surface area (Å²) >= 11 is 3.39. The van der Waals surface area contributed by atoms with Crippen LogP contribution in [0.25, 0.3) is 11.0 Å². The molecule has 0 aliphatic carbocycles. The molecule has 2 aromatic heterocycles. The lowest BCUT2D eigenvalue weighted by Crippen LogP contribution is -2.29. The van der Waals surface area contributed by atoms with Crippen LogP contribution in [0.15, 0.2) is 29.1 Å². The van der Waals surface area contributed by atoms with E-state index in [-0.39, 0.29) is 5.91 Å². The van der Waals surface area contributed by atoms with Crippen LogP contribution >= 0.6 is 15.9 Å². The first-order chi connectivity index (χ1) is 12.0. The van der Waals surface area contributed by atoms with Crippen LogP contribution in [0.4, 0.5) is 10.2 Å². The van der Waals surface area contributed by atoms with Crippen molar-refractivity contribution >= 4 is 38.7 Å². The van der Waals surface area contributed by atoms with Gasteiger partial charge in [-0.2, -0.15) is 5.10 Å². The number of aryl methyl sites for hydroxylation is 2. The Bertz CT molecular complexity index is 942. The summed E-state index contributed by atoms with van der Waals surface area (Å²) in [5.74, 6) is -0.0905. The van der Waals surface area contributed by atoms with Gasteiger partial charge in [0.25, 0.3) is 5.91 Å². The van der Waals surface area contributed by atoms with E-state index < -0.39 is 5.82 Å². The molecule has 0 atom stereocenters. The van der Waals surface area contributed by atoms with Crippen molar-refractivity contribution < 1.29 is 9.18 Å². The van der Waals surface area contributed by atoms with Crippen LogP contribution < -0.4 is 10.6 Å². The van der Waals surface area contributed by atoms with Crippen LogP contribution in [-0.2, 0) is 7.05 Å². The third-order valence-corrected chi connectivity index (χ3v) is 4.27. The number of carbonyl (C=O) groups excluding carboxylic acids is 1. The summed E-state index contributed by atoms with van der Waals surface area (Å²) in [4.78, 5) is 20.4. The lowest BCUT2D eigenvalue weighted by molar-refractivity contribution is 0.0954. The number of benzene rings is 1. The highest BCUT2D eigenvalue weighted by atomic mass is 79.9. The van der Waals surface area contributed by atoms with Gasteiger partial charge in [0.05, 0.1) is 5.39 Å². The molecule has 7 nitrogen and oxygen atoms in total. The number of nitrogens with one attached hydrogen (secondary N) is 2. The highest BCUT2D eigenvalue weighted by molar-refractivity contribution is 9.10. The van der Waals surface area contributed by atoms with Crippen LogP contribution in [0.2, 0.25) is 0 Å². The topological polar surface area (TPSA) is 84.7 Å². The van der Waals surface area contributed by atoms with E-state index in [2.05, 4.69) is 41.6 Å². The first-order valence-electron chi connectivity index (χ1n) is 7.59. The largest absolute Gasteiger partial charge is 0.368 e. The highest BCUT2D eigenvalue weighted by Gasteiger charge is 2.13. The van der Waals surface area contributed by atoms with Crippen molar-refractivity contribution in [2.75, 3.05) is 18.4 Å². The summed E-state index contributed by atoms with van der Waals surface area (Å²) in [7, 11) is 1.80. The van der Waals surface area contributed by atoms with E-state index >= 15 is 0 Å². The Labute approximate surface area is 151 Å². The fourth-order valence-electron chi connectivity index (χ4n) is 2.37. The molecule has 1 amide bonds. The molecule has 0 unspecified atom stereocenters. The number of rotatable bonds is 5. The molecule has 0 saturated carbocycles. The fraction of sp³-hybridized carbons (Fsp3) is 0.250. The molecule has 0 fully saturated rings. The summed E-state index contributed by atoms with van der Waals surface area (Å²) in [6, 6.07) is 4.42. The first-order valence-corrected chi connectivity index (χ1v) is 8.38. The first kappa shape index (κ1) is 17.3. The summed E-state index contributed by atoms with van der Waals surface area (Å²) in [6.07, 6.45) is 1.45. The molecule has 25 heavy (non-hydrogen) atoms. The van der Waals surface area contributed by atoms with Crippen molar-refractivity contribution in [3.63, 3.8) is 0 Å². The molecule has 3 aromatic rings. The second kappa shape index (κ2) is 7.14. The molecule has 0 bridgehead atoms. The van der Waals surface area contributed by atoms with Gasteiger partial charge in [0.2, 0.25) is 0 Å². The lowest BCUT2D eigenvalue weighted by atomic mass is 10.1. The molecular weight excluding hydrogens is 391 g/mol. The number of aromatic nitrogens is 4. The minimum absolute atomic E-state index is 0.294. The van der Waals surface area contributed by atoms with E-state index in [1.165, 1.54) is 12.4 Å². The molecule has 0 radical (unpaired) electrons. The van der Waals surface area contributed by atoms with E-state index in [0.29, 0.717) is 40.3 Å². The van der Waals surface area contributed by atoms with Gasteiger partial charge in [0.15, 0.2) is 5.65 Å². The van der Waals surface area contributed by atoms with Crippen molar-refractivity contribution in [1.82, 2.24) is 25.1 Å². The van der Waals surface area contributed by atoms with Crippen molar-refractivity contribution in [3.8, 4) is 0 Å². The maximum Gasteiger partial charge on any atom is 0.251 e. The monoisotopic (exact) mass is 406 g/mol. The quantitative estimate of drug-likeness (QED) is 0.635. The maximum absolute atomic E-state index is 13.5. The molecule has 0 spiro atoms. The van der Waals surface area contributed by atoms with Crippen molar-refractivity contribution in [3.05, 3.63) is 46.1 Å². The van der Waals surface area contributed by atoms with E-state index in [1.54, 1.807) is 30.8 Å². The number of amides is 1. The zero-order valence-corrected chi connectivity index (χ0v) is 15.3. The van der Waals surface area contributed by atoms with Crippen LogP contribution in [0, 0.1) is 12.7 Å². The Hall–Kier alpha value is -2.55. The number of halogens is 2. The zero-order chi connectivity index (χ0) is 18.0. The predicted molar refractivity (Wildman–Crippen MR) is 96.0 cm³/mol. The molecule has 0 aliphatic heterocycles. The summed E-state index contributed by atoms with van der Waals surface area (Å²) in [6.45, 7) is 2.46. The lowest BCUT2D eigenvalue weighted by Gasteiger charge is -2.08. The normalized spacial score (nSPS) is 10.9. The molecule has 0 saturated heterocycles. The van der Waals surface area contributed by atoms with Crippen molar-refractivity contribution in [1.29, 1.82) is 0 Å². The Kier molecular flexibility index (Phi) is 4.93. The third-order valence-electron chi connectivity index (χ3n) is 3.71. The zero-order valence-electron chi connectivity index (χ0n) is 13.7. The van der Waals surface area contributed by atoms with Crippen LogP contribution in [0.3, 0.4) is 0 Å². The predicted octanol–water partition coefficient (Wildman–Crippen LogP) is 2.42. The smallest absolute Gasteiger partial charge is 0.251 e. The van der Waals surface area contributed by atoms with E-state index in [4.69, 9.17) is 0 Å². The van der Waals surface area contributed by atoms with Crippen molar-refractivity contribution in [2.24, 2.45) is 7.05 Å². The summed E-state index contributed by atoms with van der Waals surface area (Å²) in [5, 5.41) is 10.9. The van der Waals surface area contributed by atoms with Gasteiger partial charge in [-0.05, 0) is 40.5 Å². The number of carbonyl (C=O) groups is 1. The van der Waals surface area contributed by atoms with Crippen LogP contribution in [-0.4, -0.2) is 38.7 Å². The molecule has 2 N–H and O–H groups in total. The summed E-state index contributed by atoms with van der Waals surface area (Å²) in [5.41, 5.74) is 1.50. The van der Waals surface area contributed by atoms with E-state index in [1.807, 2.05) is 0 Å². The molecule has 1 aromatic carbocycles. The third kappa shape index (κ3) is 3.60. The van der Waals surface area contributed by atoms with Gasteiger partial charge in [0, 0.05) is 25.7 Å². The van der Waals surface area contributed by atoms with Crippen molar-refractivity contribution in [2.45, 2.75) is 6.92 Å². The number of hydrogen-bond acceptors (Lipinski definition) is 5. The molecule has 9 heteroatoms. The number of anilines is 1. The average Bonchev–Trinajstić information content (AvgIpc) is 2.89. The molecule has 2 heterocycles. The van der Waals surface area contributed by atoms with Gasteiger partial charge in [0.1, 0.15) is 22.6 Å². The van der Waals surface area contributed by atoms with Gasteiger partial charge >= 0.3 is 0 Å². The number of hydrogen-bond donors (Lipinski definition) is 2. The van der Waals surface area contributed by atoms with Crippen LogP contribution in [0.5, 0.6) is 0 Å². The van der Waals surface area contributed by atoms with Gasteiger partial charge < -0.3 is 10.6 Å². The Balaban J connectivity index is 1.60. The van der Waals surface area contributed by atoms with Crippen LogP contribution in [0.1, 0.15) is 15.9 Å². The molecule has 130 valence electrons. The minimum atomic E-state index is -0.393. The molecular formula is C16H16BrFN6O. The maximum atomic E-state index is 13.5. The number of fused-ring (bicyclic) bond motifs is 1. The van der Waals surface area contributed by atoms with Gasteiger partial charge in [-0.25, -0.2) is 19.0 Å². The second-order valence-electron chi connectivity index (χ2n) is 5.48. The fourth-order valence-corrected chi connectivity index (χ4v) is 2.97. The number of nitrogens with zero attached hydrogens (tertiary/aromatic N) is 4. The summed E-state index contributed by atoms with van der Waals surface area (Å²) < 4.78 is 15.8. The second-order valence-corrected chi connectivity index (χ2v) is 6.23. The van der Waals surface area contributed by atoms with Gasteiger partial charge in [-0.1, -0.05) is 6.07 Å². The minimum Gasteiger partial charge on any atom is -0.368 e. The van der Waals surface area contributed by atoms with Gasteiger partial charge in [-0.3, -0.25) is 4.79 Å². The van der Waals surface area contributed by atoms with E-state index in [9.17, 15) is 9.18 Å². The Morgan fingerprint density at radius 2 is 2.12 bits per heavy atom. The molecule has 0 aliphatic rings. The SMILES string of the molecule is Cc1ccc(C(=O)NCCNc2ncnc3c2c(Br)nn3C)cc1F. The molecule has 3 rings (SSSR count).